The van der Waals surface area contributed by atoms with Crippen molar-refractivity contribution >= 4 is 26.1 Å². The van der Waals surface area contributed by atoms with Crippen molar-refractivity contribution < 1.29 is 13.3 Å². The van der Waals surface area contributed by atoms with E-state index in [4.69, 9.17) is 19.0 Å². The maximum atomic E-state index is 5.73. The third kappa shape index (κ3) is 7.96. The molecule has 0 spiro atoms. The molecule has 8 heteroatoms. The Morgan fingerprint density at radius 3 is 2.00 bits per heavy atom. The smallest absolute Gasteiger partial charge is 0.375 e. The highest BCUT2D eigenvalue weighted by molar-refractivity contribution is 7.80. The normalized spacial score (nSPS) is 11.5. The number of hydrogen-bond donors (Lipinski definition) is 3. The summed E-state index contributed by atoms with van der Waals surface area (Å²) in [7, 11) is -2.50. The van der Waals surface area contributed by atoms with Crippen LogP contribution in [0.25, 0.3) is 0 Å². The van der Waals surface area contributed by atoms with Crippen molar-refractivity contribution in [2.24, 2.45) is 5.73 Å². The first-order valence-corrected chi connectivity index (χ1v) is 8.64. The molecule has 4 N–H and O–H groups in total. The highest BCUT2D eigenvalue weighted by Gasteiger charge is 2.39. The number of hydrogen-bond acceptors (Lipinski definition) is 5. The van der Waals surface area contributed by atoms with Crippen LogP contribution in [0.15, 0.2) is 0 Å². The van der Waals surface area contributed by atoms with E-state index in [0.717, 1.165) is 19.0 Å². The van der Waals surface area contributed by atoms with E-state index in [9.17, 15) is 0 Å². The van der Waals surface area contributed by atoms with Crippen molar-refractivity contribution in [1.29, 1.82) is 0 Å². The van der Waals surface area contributed by atoms with Gasteiger partial charge in [-0.2, -0.15) is 0 Å². The molecule has 0 saturated carbocycles. The molecule has 18 heavy (non-hydrogen) atoms. The second-order valence-electron chi connectivity index (χ2n) is 3.50. The van der Waals surface area contributed by atoms with Crippen LogP contribution in [0.4, 0.5) is 0 Å². The molecule has 0 bridgehead atoms. The van der Waals surface area contributed by atoms with Gasteiger partial charge in [-0.1, -0.05) is 0 Å². The first-order valence-electron chi connectivity index (χ1n) is 6.30. The van der Waals surface area contributed by atoms with Gasteiger partial charge < -0.3 is 19.0 Å². The van der Waals surface area contributed by atoms with Gasteiger partial charge in [-0.05, 0) is 39.4 Å². The van der Waals surface area contributed by atoms with Crippen LogP contribution >= 0.6 is 12.2 Å². The van der Waals surface area contributed by atoms with Gasteiger partial charge in [0.15, 0.2) is 5.11 Å². The van der Waals surface area contributed by atoms with Gasteiger partial charge in [-0.3, -0.25) is 5.43 Å². The average molecular weight is 295 g/mol. The fourth-order valence-corrected chi connectivity index (χ4v) is 4.23. The van der Waals surface area contributed by atoms with Crippen molar-refractivity contribution in [3.05, 3.63) is 0 Å². The second-order valence-corrected chi connectivity index (χ2v) is 6.67. The zero-order valence-corrected chi connectivity index (χ0v) is 13.3. The van der Waals surface area contributed by atoms with Gasteiger partial charge in [-0.15, -0.1) is 0 Å². The first kappa shape index (κ1) is 17.7. The predicted molar refractivity (Wildman–Crippen MR) is 78.0 cm³/mol. The van der Waals surface area contributed by atoms with E-state index in [1.54, 1.807) is 0 Å². The van der Waals surface area contributed by atoms with Crippen LogP contribution in [0, 0.1) is 0 Å². The molecule has 0 aliphatic rings. The third-order valence-electron chi connectivity index (χ3n) is 2.09. The van der Waals surface area contributed by atoms with Gasteiger partial charge in [0.05, 0.1) is 0 Å². The summed E-state index contributed by atoms with van der Waals surface area (Å²) in [5, 5.41) is 0.234. The van der Waals surface area contributed by atoms with E-state index < -0.39 is 8.80 Å². The van der Waals surface area contributed by atoms with Crippen molar-refractivity contribution in [3.63, 3.8) is 0 Å². The fraction of sp³-hybridized carbons (Fsp3) is 0.900. The second kappa shape index (κ2) is 10.6. The Labute approximate surface area is 116 Å². The topological polar surface area (TPSA) is 77.8 Å². The quantitative estimate of drug-likeness (QED) is 0.225. The monoisotopic (exact) mass is 295 g/mol. The van der Waals surface area contributed by atoms with Crippen molar-refractivity contribution in [3.8, 4) is 0 Å². The van der Waals surface area contributed by atoms with Crippen LogP contribution in [-0.4, -0.2) is 40.3 Å². The predicted octanol–water partition coefficient (Wildman–Crippen LogP) is 0.763. The summed E-state index contributed by atoms with van der Waals surface area (Å²) in [5.74, 6) is 0. The molecule has 0 aromatic rings. The molecule has 0 aromatic carbocycles. The summed E-state index contributed by atoms with van der Waals surface area (Å²) >= 11 is 4.68. The molecular formula is C10H25N3O3SSi. The largest absolute Gasteiger partial charge is 0.500 e. The van der Waals surface area contributed by atoms with Gasteiger partial charge in [0.25, 0.3) is 0 Å². The summed E-state index contributed by atoms with van der Waals surface area (Å²) in [6.45, 7) is 8.38. The van der Waals surface area contributed by atoms with Crippen molar-refractivity contribution in [1.82, 2.24) is 10.9 Å². The highest BCUT2D eigenvalue weighted by atomic mass is 32.1. The van der Waals surface area contributed by atoms with Crippen LogP contribution in [0.1, 0.15) is 27.2 Å². The van der Waals surface area contributed by atoms with E-state index in [2.05, 4.69) is 23.1 Å². The molecule has 0 aliphatic heterocycles. The lowest BCUT2D eigenvalue weighted by atomic mass is 10.5. The SMILES string of the molecule is CCO[Si](CCCNNC(N)=S)(OCC)OCC. The van der Waals surface area contributed by atoms with Gasteiger partial charge >= 0.3 is 8.80 Å². The van der Waals surface area contributed by atoms with E-state index in [1.807, 2.05) is 20.8 Å². The van der Waals surface area contributed by atoms with Crippen LogP contribution in [0.2, 0.25) is 6.04 Å². The number of thiocarbonyl (C=S) groups is 1. The highest BCUT2D eigenvalue weighted by Crippen LogP contribution is 2.17. The molecular weight excluding hydrogens is 270 g/mol. The van der Waals surface area contributed by atoms with E-state index in [0.29, 0.717) is 19.8 Å². The molecule has 0 radical (unpaired) electrons. The number of hydrazine groups is 1. The molecule has 108 valence electrons. The van der Waals surface area contributed by atoms with Crippen LogP contribution in [0.3, 0.4) is 0 Å². The minimum Gasteiger partial charge on any atom is -0.375 e. The molecule has 0 saturated heterocycles. The van der Waals surface area contributed by atoms with E-state index >= 15 is 0 Å². The zero-order valence-electron chi connectivity index (χ0n) is 11.5. The maximum Gasteiger partial charge on any atom is 0.500 e. The third-order valence-corrected chi connectivity index (χ3v) is 5.34. The lowest BCUT2D eigenvalue weighted by molar-refractivity contribution is 0.0708. The molecule has 0 aromatic heterocycles. The molecule has 0 rings (SSSR count). The Bertz CT molecular complexity index is 217. The van der Waals surface area contributed by atoms with Crippen LogP contribution < -0.4 is 16.6 Å². The average Bonchev–Trinajstić information content (AvgIpc) is 2.29. The van der Waals surface area contributed by atoms with Gasteiger partial charge in [0, 0.05) is 32.4 Å². The number of nitrogens with one attached hydrogen (secondary N) is 2. The molecule has 0 fully saturated rings. The van der Waals surface area contributed by atoms with Gasteiger partial charge in [-0.25, -0.2) is 5.43 Å². The Hall–Kier alpha value is -0.253. The lowest BCUT2D eigenvalue weighted by Gasteiger charge is -2.28. The summed E-state index contributed by atoms with van der Waals surface area (Å²) in [6, 6.07) is 0.772. The first-order chi connectivity index (χ1) is 8.60. The summed E-state index contributed by atoms with van der Waals surface area (Å²) in [6.07, 6.45) is 0.863. The molecule has 6 nitrogen and oxygen atoms in total. The van der Waals surface area contributed by atoms with E-state index in [1.165, 1.54) is 0 Å². The number of rotatable bonds is 11. The minimum atomic E-state index is -2.50. The molecule has 0 unspecified atom stereocenters. The van der Waals surface area contributed by atoms with Gasteiger partial charge in [0.1, 0.15) is 0 Å². The van der Waals surface area contributed by atoms with Crippen LogP contribution in [0.5, 0.6) is 0 Å². The Morgan fingerprint density at radius 2 is 1.61 bits per heavy atom. The molecule has 0 amide bonds. The maximum absolute atomic E-state index is 5.73. The van der Waals surface area contributed by atoms with Crippen molar-refractivity contribution in [2.75, 3.05) is 26.4 Å². The Kier molecular flexibility index (Phi) is 10.5. The van der Waals surface area contributed by atoms with Crippen molar-refractivity contribution in [2.45, 2.75) is 33.2 Å². The lowest BCUT2D eigenvalue weighted by Crippen LogP contribution is -2.47. The zero-order chi connectivity index (χ0) is 13.9. The Morgan fingerprint density at radius 1 is 1.11 bits per heavy atom. The summed E-state index contributed by atoms with van der Waals surface area (Å²) < 4.78 is 17.2. The summed E-state index contributed by atoms with van der Waals surface area (Å²) in [4.78, 5) is 0. The Balaban J connectivity index is 4.08. The fourth-order valence-electron chi connectivity index (χ4n) is 1.54. The van der Waals surface area contributed by atoms with E-state index in [-0.39, 0.29) is 5.11 Å². The van der Waals surface area contributed by atoms with Gasteiger partial charge in [0.2, 0.25) is 0 Å². The minimum absolute atomic E-state index is 0.234. The number of nitrogens with two attached hydrogens (primary N) is 1. The standard InChI is InChI=1S/C10H25N3O3SSi/c1-4-14-18(15-5-2,16-6-3)9-7-8-12-13-10(11)17/h12H,4-9H2,1-3H3,(H3,11,13,17). The molecule has 0 atom stereocenters. The molecule has 0 aliphatic carbocycles. The van der Waals surface area contributed by atoms with Crippen LogP contribution in [-0.2, 0) is 13.3 Å². The molecule has 0 heterocycles. The summed E-state index contributed by atoms with van der Waals surface area (Å²) in [5.41, 5.74) is 10.9.